The predicted octanol–water partition coefficient (Wildman–Crippen LogP) is 3.52. The topological polar surface area (TPSA) is 69.0 Å². The second-order valence-electron chi connectivity index (χ2n) is 6.26. The Morgan fingerprint density at radius 2 is 1.92 bits per heavy atom. The van der Waals surface area contributed by atoms with Crippen molar-refractivity contribution in [2.24, 2.45) is 0 Å². The Morgan fingerprint density at radius 3 is 2.58 bits per heavy atom. The van der Waals surface area contributed by atoms with E-state index in [-0.39, 0.29) is 5.56 Å². The van der Waals surface area contributed by atoms with Gasteiger partial charge in [-0.15, -0.1) is 4.73 Å². The number of anilines is 2. The molecule has 0 unspecified atom stereocenters. The van der Waals surface area contributed by atoms with Gasteiger partial charge in [-0.2, -0.15) is 4.98 Å². The lowest BCUT2D eigenvalue weighted by atomic mass is 10.2. The van der Waals surface area contributed by atoms with Crippen LogP contribution >= 0.6 is 15.9 Å². The van der Waals surface area contributed by atoms with Crippen molar-refractivity contribution in [1.29, 1.82) is 0 Å². The lowest BCUT2D eigenvalue weighted by Gasteiger charge is -2.22. The van der Waals surface area contributed by atoms with Gasteiger partial charge in [-0.25, -0.2) is 4.98 Å². The molecule has 24 heavy (non-hydrogen) atoms. The zero-order chi connectivity index (χ0) is 17.3. The molecule has 2 heterocycles. The lowest BCUT2D eigenvalue weighted by molar-refractivity contribution is -0.0146. The maximum absolute atomic E-state index is 12.4. The first-order chi connectivity index (χ1) is 11.3. The Kier molecular flexibility index (Phi) is 4.28. The molecule has 1 N–H and O–H groups in total. The number of hydrogen-bond acceptors (Lipinski definition) is 5. The fourth-order valence-electron chi connectivity index (χ4n) is 2.11. The van der Waals surface area contributed by atoms with Gasteiger partial charge in [0, 0.05) is 17.3 Å². The Labute approximate surface area is 147 Å². The van der Waals surface area contributed by atoms with Gasteiger partial charge in [0.25, 0.3) is 5.56 Å². The molecule has 0 aliphatic carbocycles. The van der Waals surface area contributed by atoms with Crippen molar-refractivity contribution in [3.05, 3.63) is 57.4 Å². The first-order valence-electron chi connectivity index (χ1n) is 7.43. The van der Waals surface area contributed by atoms with Crippen LogP contribution in [-0.4, -0.2) is 20.3 Å². The molecule has 0 fully saturated rings. The molecule has 0 bridgehead atoms. The van der Waals surface area contributed by atoms with E-state index in [2.05, 4.69) is 31.2 Å². The van der Waals surface area contributed by atoms with Crippen LogP contribution in [-0.2, 0) is 0 Å². The van der Waals surface area contributed by atoms with E-state index in [4.69, 9.17) is 4.84 Å². The number of halogens is 1. The second kappa shape index (κ2) is 6.24. The Morgan fingerprint density at radius 1 is 1.21 bits per heavy atom. The third-order valence-electron chi connectivity index (χ3n) is 3.05. The van der Waals surface area contributed by atoms with E-state index in [9.17, 15) is 4.79 Å². The van der Waals surface area contributed by atoms with Crippen LogP contribution in [0.2, 0.25) is 0 Å². The summed E-state index contributed by atoms with van der Waals surface area (Å²) in [5, 5.41) is 3.81. The number of para-hydroxylation sites is 1. The second-order valence-corrected chi connectivity index (χ2v) is 7.11. The molecule has 3 aromatic rings. The Bertz CT molecular complexity index is 933. The summed E-state index contributed by atoms with van der Waals surface area (Å²) in [4.78, 5) is 27.0. The fourth-order valence-corrected chi connectivity index (χ4v) is 2.52. The summed E-state index contributed by atoms with van der Waals surface area (Å²) in [6.45, 7) is 5.61. The number of pyridine rings is 1. The average Bonchev–Trinajstić information content (AvgIpc) is 2.52. The molecular formula is C17H17BrN4O2. The van der Waals surface area contributed by atoms with Crippen molar-refractivity contribution < 1.29 is 4.84 Å². The smallest absolute Gasteiger partial charge is 0.299 e. The Hall–Kier alpha value is -2.41. The highest BCUT2D eigenvalue weighted by molar-refractivity contribution is 9.10. The number of fused-ring (bicyclic) bond motifs is 1. The van der Waals surface area contributed by atoms with Gasteiger partial charge in [-0.05, 0) is 54.9 Å². The molecule has 3 rings (SSSR count). The molecule has 124 valence electrons. The van der Waals surface area contributed by atoms with E-state index in [0.717, 1.165) is 5.69 Å². The molecule has 0 aliphatic rings. The number of nitrogens with one attached hydrogen (secondary N) is 1. The van der Waals surface area contributed by atoms with Crippen molar-refractivity contribution in [2.75, 3.05) is 5.32 Å². The highest BCUT2D eigenvalue weighted by Crippen LogP contribution is 2.18. The van der Waals surface area contributed by atoms with Gasteiger partial charge in [-0.1, -0.05) is 18.2 Å². The van der Waals surface area contributed by atoms with Crippen LogP contribution in [0, 0.1) is 0 Å². The SMILES string of the molecule is CC(C)(C)On1c(=O)c(Br)cc2cnc(Nc3ccccc3)nc21. The van der Waals surface area contributed by atoms with E-state index in [1.807, 2.05) is 51.1 Å². The summed E-state index contributed by atoms with van der Waals surface area (Å²) in [6, 6.07) is 11.3. The van der Waals surface area contributed by atoms with Crippen LogP contribution in [0.25, 0.3) is 11.0 Å². The first-order valence-corrected chi connectivity index (χ1v) is 8.23. The van der Waals surface area contributed by atoms with Gasteiger partial charge < -0.3 is 10.2 Å². The number of hydrogen-bond donors (Lipinski definition) is 1. The summed E-state index contributed by atoms with van der Waals surface area (Å²) in [6.07, 6.45) is 1.65. The molecule has 2 aromatic heterocycles. The van der Waals surface area contributed by atoms with Crippen molar-refractivity contribution in [3.8, 4) is 0 Å². The van der Waals surface area contributed by atoms with Crippen LogP contribution in [0.3, 0.4) is 0 Å². The molecule has 0 radical (unpaired) electrons. The Balaban J connectivity index is 2.12. The van der Waals surface area contributed by atoms with Crippen LogP contribution < -0.4 is 15.7 Å². The minimum Gasteiger partial charge on any atom is -0.403 e. The number of rotatable bonds is 3. The molecule has 7 heteroatoms. The summed E-state index contributed by atoms with van der Waals surface area (Å²) in [7, 11) is 0. The molecule has 0 aliphatic heterocycles. The average molecular weight is 389 g/mol. The van der Waals surface area contributed by atoms with Gasteiger partial charge in [0.05, 0.1) is 4.47 Å². The molecule has 0 spiro atoms. The van der Waals surface area contributed by atoms with E-state index in [1.54, 1.807) is 12.3 Å². The molecule has 0 saturated carbocycles. The normalized spacial score (nSPS) is 11.5. The third kappa shape index (κ3) is 3.56. The largest absolute Gasteiger partial charge is 0.403 e. The number of benzene rings is 1. The van der Waals surface area contributed by atoms with Crippen molar-refractivity contribution in [2.45, 2.75) is 26.4 Å². The zero-order valence-corrected chi connectivity index (χ0v) is 15.2. The van der Waals surface area contributed by atoms with Gasteiger partial charge in [-0.3, -0.25) is 4.79 Å². The summed E-state index contributed by atoms with van der Waals surface area (Å²) >= 11 is 3.26. The standard InChI is InChI=1S/C17H17BrN4O2/c1-17(2,3)24-22-14-11(9-13(18)15(22)23)10-19-16(21-14)20-12-7-5-4-6-8-12/h4-10H,1-3H3,(H,19,20,21). The predicted molar refractivity (Wildman–Crippen MR) is 97.6 cm³/mol. The molecule has 1 aromatic carbocycles. The van der Waals surface area contributed by atoms with E-state index < -0.39 is 5.60 Å². The number of aromatic nitrogens is 3. The maximum atomic E-state index is 12.4. The minimum atomic E-state index is -0.546. The molecular weight excluding hydrogens is 372 g/mol. The van der Waals surface area contributed by atoms with Crippen LogP contribution in [0.15, 0.2) is 51.9 Å². The van der Waals surface area contributed by atoms with Gasteiger partial charge in [0.2, 0.25) is 5.95 Å². The monoisotopic (exact) mass is 388 g/mol. The molecule has 0 saturated heterocycles. The van der Waals surface area contributed by atoms with E-state index in [0.29, 0.717) is 21.5 Å². The first kappa shape index (κ1) is 16.4. The zero-order valence-electron chi connectivity index (χ0n) is 13.6. The number of nitrogens with zero attached hydrogens (tertiary/aromatic N) is 3. The van der Waals surface area contributed by atoms with Gasteiger partial charge in [0.15, 0.2) is 5.65 Å². The quantitative estimate of drug-likeness (QED) is 0.742. The van der Waals surface area contributed by atoms with Gasteiger partial charge in [0.1, 0.15) is 5.60 Å². The summed E-state index contributed by atoms with van der Waals surface area (Å²) in [5.74, 6) is 0.390. The van der Waals surface area contributed by atoms with E-state index >= 15 is 0 Å². The lowest BCUT2D eigenvalue weighted by Crippen LogP contribution is -2.38. The van der Waals surface area contributed by atoms with Crippen molar-refractivity contribution >= 4 is 38.6 Å². The van der Waals surface area contributed by atoms with Crippen LogP contribution in [0.1, 0.15) is 20.8 Å². The van der Waals surface area contributed by atoms with E-state index in [1.165, 1.54) is 4.73 Å². The minimum absolute atomic E-state index is 0.304. The highest BCUT2D eigenvalue weighted by Gasteiger charge is 2.18. The highest BCUT2D eigenvalue weighted by atomic mass is 79.9. The van der Waals surface area contributed by atoms with Crippen molar-refractivity contribution in [3.63, 3.8) is 0 Å². The molecule has 6 nitrogen and oxygen atoms in total. The van der Waals surface area contributed by atoms with Crippen molar-refractivity contribution in [1.82, 2.24) is 14.7 Å². The third-order valence-corrected chi connectivity index (χ3v) is 3.62. The molecule has 0 atom stereocenters. The fraction of sp³-hybridized carbons (Fsp3) is 0.235. The maximum Gasteiger partial charge on any atom is 0.299 e. The summed E-state index contributed by atoms with van der Waals surface area (Å²) < 4.78 is 1.60. The van der Waals surface area contributed by atoms with Gasteiger partial charge >= 0.3 is 0 Å². The molecule has 0 amide bonds. The van der Waals surface area contributed by atoms with Crippen LogP contribution in [0.4, 0.5) is 11.6 Å². The van der Waals surface area contributed by atoms with Crippen LogP contribution in [0.5, 0.6) is 0 Å². The summed E-state index contributed by atoms with van der Waals surface area (Å²) in [5.41, 5.74) is 0.420.